The van der Waals surface area contributed by atoms with Gasteiger partial charge in [0, 0.05) is 31.9 Å². The number of aryl methyl sites for hydroxylation is 1. The first kappa shape index (κ1) is 26.9. The van der Waals surface area contributed by atoms with Crippen molar-refractivity contribution < 1.29 is 14.3 Å². The van der Waals surface area contributed by atoms with E-state index in [0.717, 1.165) is 27.9 Å². The highest BCUT2D eigenvalue weighted by Gasteiger charge is 2.51. The molecule has 36 heavy (non-hydrogen) atoms. The molecule has 190 valence electrons. The maximum absolute atomic E-state index is 13.3. The molecule has 0 radical (unpaired) electrons. The van der Waals surface area contributed by atoms with Crippen molar-refractivity contribution in [1.29, 1.82) is 0 Å². The number of amides is 2. The molecule has 2 saturated heterocycles. The number of hydrogen-bond acceptors (Lipinski definition) is 6. The zero-order valence-corrected chi connectivity index (χ0v) is 22.8. The summed E-state index contributed by atoms with van der Waals surface area (Å²) in [6, 6.07) is 15.5. The number of benzene rings is 2. The number of thioether (sulfide) groups is 1. The molecule has 0 aliphatic carbocycles. The van der Waals surface area contributed by atoms with Gasteiger partial charge in [0.2, 0.25) is 3.79 Å². The minimum atomic E-state index is -1.88. The Kier molecular flexibility index (Phi) is 8.58. The van der Waals surface area contributed by atoms with E-state index in [2.05, 4.69) is 35.7 Å². The van der Waals surface area contributed by atoms with Crippen LogP contribution in [0.3, 0.4) is 0 Å². The van der Waals surface area contributed by atoms with Crippen LogP contribution in [0.25, 0.3) is 6.08 Å². The van der Waals surface area contributed by atoms with E-state index >= 15 is 0 Å². The third-order valence-electron chi connectivity index (χ3n) is 5.97. The SMILES string of the molecule is C=CCOc1ccc(/C=C2/SC(=O)N([C@@H](N3CCN(c4ccc(C)cc4)CC3)C(Cl)(Cl)Cl)C2=O)cc1. The van der Waals surface area contributed by atoms with Crippen molar-refractivity contribution >= 4 is 69.5 Å². The monoisotopic (exact) mass is 565 g/mol. The summed E-state index contributed by atoms with van der Waals surface area (Å²) in [5, 5.41) is -0.463. The van der Waals surface area contributed by atoms with Gasteiger partial charge in [-0.3, -0.25) is 14.5 Å². The van der Waals surface area contributed by atoms with Crippen LogP contribution in [0.2, 0.25) is 0 Å². The zero-order chi connectivity index (χ0) is 25.9. The predicted octanol–water partition coefficient (Wildman–Crippen LogP) is 6.11. The summed E-state index contributed by atoms with van der Waals surface area (Å²) in [7, 11) is 0. The van der Waals surface area contributed by atoms with E-state index in [1.165, 1.54) is 5.56 Å². The van der Waals surface area contributed by atoms with Crippen LogP contribution in [0.15, 0.2) is 66.1 Å². The van der Waals surface area contributed by atoms with E-state index in [0.29, 0.717) is 38.5 Å². The van der Waals surface area contributed by atoms with Gasteiger partial charge in [-0.1, -0.05) is 77.3 Å². The molecule has 1 atom stereocenters. The molecule has 2 aliphatic rings. The van der Waals surface area contributed by atoms with Crippen LogP contribution >= 0.6 is 46.6 Å². The molecule has 2 heterocycles. The van der Waals surface area contributed by atoms with Gasteiger partial charge in [-0.25, -0.2) is 4.90 Å². The fraction of sp³-hybridized carbons (Fsp3) is 0.308. The van der Waals surface area contributed by atoms with Gasteiger partial charge in [-0.2, -0.15) is 0 Å². The molecular weight excluding hydrogens is 541 g/mol. The highest BCUT2D eigenvalue weighted by molar-refractivity contribution is 8.18. The lowest BCUT2D eigenvalue weighted by Gasteiger charge is -2.44. The number of alkyl halides is 3. The lowest BCUT2D eigenvalue weighted by molar-refractivity contribution is -0.127. The first-order chi connectivity index (χ1) is 17.2. The van der Waals surface area contributed by atoms with Crippen LogP contribution in [0, 0.1) is 6.92 Å². The molecule has 0 saturated carbocycles. The Bertz CT molecular complexity index is 1140. The Morgan fingerprint density at radius 3 is 2.25 bits per heavy atom. The fourth-order valence-corrected chi connectivity index (χ4v) is 5.71. The molecule has 2 aromatic rings. The first-order valence-corrected chi connectivity index (χ1v) is 13.4. The van der Waals surface area contributed by atoms with Gasteiger partial charge in [0.25, 0.3) is 11.1 Å². The Labute approximate surface area is 230 Å². The number of halogens is 3. The Morgan fingerprint density at radius 2 is 1.67 bits per heavy atom. The predicted molar refractivity (Wildman–Crippen MR) is 149 cm³/mol. The number of piperazine rings is 1. The lowest BCUT2D eigenvalue weighted by Crippen LogP contribution is -2.61. The van der Waals surface area contributed by atoms with E-state index in [9.17, 15) is 9.59 Å². The Balaban J connectivity index is 1.49. The Morgan fingerprint density at radius 1 is 1.03 bits per heavy atom. The second-order valence-corrected chi connectivity index (χ2v) is 11.9. The summed E-state index contributed by atoms with van der Waals surface area (Å²) in [5.41, 5.74) is 3.06. The molecule has 6 nitrogen and oxygen atoms in total. The average Bonchev–Trinajstić information content (AvgIpc) is 3.11. The molecule has 4 rings (SSSR count). The quantitative estimate of drug-likeness (QED) is 0.229. The van der Waals surface area contributed by atoms with E-state index < -0.39 is 21.1 Å². The highest BCUT2D eigenvalue weighted by atomic mass is 35.6. The van der Waals surface area contributed by atoms with Crippen molar-refractivity contribution in [2.24, 2.45) is 0 Å². The van der Waals surface area contributed by atoms with E-state index in [-0.39, 0.29) is 4.91 Å². The zero-order valence-electron chi connectivity index (χ0n) is 19.7. The van der Waals surface area contributed by atoms with Crippen LogP contribution < -0.4 is 9.64 Å². The minimum Gasteiger partial charge on any atom is -0.490 e. The number of carbonyl (C=O) groups is 2. The van der Waals surface area contributed by atoms with E-state index in [4.69, 9.17) is 39.5 Å². The van der Waals surface area contributed by atoms with Crippen LogP contribution in [0.4, 0.5) is 10.5 Å². The molecule has 0 N–H and O–H groups in total. The minimum absolute atomic E-state index is 0.275. The first-order valence-electron chi connectivity index (χ1n) is 11.4. The number of hydrogen-bond donors (Lipinski definition) is 0. The third kappa shape index (κ3) is 6.21. The van der Waals surface area contributed by atoms with Crippen molar-refractivity contribution in [3.63, 3.8) is 0 Å². The molecule has 10 heteroatoms. The normalized spacial score (nSPS) is 19.2. The Hall–Kier alpha value is -2.16. The average molecular weight is 567 g/mol. The molecule has 2 aliphatic heterocycles. The molecule has 0 bridgehead atoms. The number of rotatable bonds is 7. The lowest BCUT2D eigenvalue weighted by atomic mass is 10.2. The standard InChI is InChI=1S/C26H26Cl3N3O3S/c1-3-16-35-21-10-6-19(7-11-21)17-22-23(33)32(25(34)36-22)24(26(27,28)29)31-14-12-30(13-15-31)20-8-4-18(2)5-9-20/h3-11,17,24H,1,12-16H2,2H3/b22-17+/t24-/m1/s1. The van der Waals surface area contributed by atoms with Crippen LogP contribution in [0.5, 0.6) is 5.75 Å². The van der Waals surface area contributed by atoms with Crippen LogP contribution in [-0.2, 0) is 4.79 Å². The second-order valence-electron chi connectivity index (χ2n) is 8.49. The summed E-state index contributed by atoms with van der Waals surface area (Å²) < 4.78 is 3.61. The number of ether oxygens (including phenoxy) is 1. The van der Waals surface area contributed by atoms with Gasteiger partial charge in [-0.05, 0) is 54.6 Å². The van der Waals surface area contributed by atoms with Crippen molar-refractivity contribution in [2.75, 3.05) is 37.7 Å². The molecule has 2 aromatic carbocycles. The van der Waals surface area contributed by atoms with Crippen LogP contribution in [0.1, 0.15) is 11.1 Å². The maximum Gasteiger partial charge on any atom is 0.295 e. The number of imide groups is 1. The smallest absolute Gasteiger partial charge is 0.295 e. The van der Waals surface area contributed by atoms with Crippen LogP contribution in [-0.4, -0.2) is 63.7 Å². The summed E-state index contributed by atoms with van der Waals surface area (Å²) >= 11 is 19.9. The molecule has 0 spiro atoms. The van der Waals surface area contributed by atoms with Gasteiger partial charge in [0.1, 0.15) is 18.5 Å². The topological polar surface area (TPSA) is 53.1 Å². The molecular formula is C26H26Cl3N3O3S. The third-order valence-corrected chi connectivity index (χ3v) is 7.44. The summed E-state index contributed by atoms with van der Waals surface area (Å²) in [5.74, 6) is 0.204. The molecule has 0 unspecified atom stereocenters. The number of carbonyl (C=O) groups excluding carboxylic acids is 2. The van der Waals surface area contributed by atoms with Gasteiger partial charge >= 0.3 is 0 Å². The summed E-state index contributed by atoms with van der Waals surface area (Å²) in [4.78, 5) is 31.8. The van der Waals surface area contributed by atoms with Crippen molar-refractivity contribution in [2.45, 2.75) is 16.9 Å². The van der Waals surface area contributed by atoms with Crippen molar-refractivity contribution in [1.82, 2.24) is 9.80 Å². The van der Waals surface area contributed by atoms with Crippen molar-refractivity contribution in [3.05, 3.63) is 77.2 Å². The van der Waals surface area contributed by atoms with Gasteiger partial charge in [0.05, 0.1) is 4.91 Å². The van der Waals surface area contributed by atoms with Crippen molar-refractivity contribution in [3.8, 4) is 5.75 Å². The highest BCUT2D eigenvalue weighted by Crippen LogP contribution is 2.42. The number of anilines is 1. The summed E-state index contributed by atoms with van der Waals surface area (Å²) in [6.07, 6.45) is 2.30. The van der Waals surface area contributed by atoms with Gasteiger partial charge < -0.3 is 9.64 Å². The largest absolute Gasteiger partial charge is 0.490 e. The second kappa shape index (κ2) is 11.5. The summed E-state index contributed by atoms with van der Waals surface area (Å²) in [6.45, 7) is 8.47. The maximum atomic E-state index is 13.3. The van der Waals surface area contributed by atoms with Gasteiger partial charge in [0.15, 0.2) is 0 Å². The van der Waals surface area contributed by atoms with E-state index in [1.807, 2.05) is 24.0 Å². The number of nitrogens with zero attached hydrogens (tertiary/aromatic N) is 3. The van der Waals surface area contributed by atoms with Gasteiger partial charge in [-0.15, -0.1) is 0 Å². The molecule has 2 amide bonds. The molecule has 0 aromatic heterocycles. The van der Waals surface area contributed by atoms with E-state index in [1.54, 1.807) is 24.3 Å². The molecule has 2 fully saturated rings. The fourth-order valence-electron chi connectivity index (χ4n) is 4.15.